The molecule has 0 aromatic heterocycles. The van der Waals surface area contributed by atoms with Gasteiger partial charge >= 0.3 is 12.2 Å². The predicted octanol–water partition coefficient (Wildman–Crippen LogP) is 1.37. The van der Waals surface area contributed by atoms with E-state index in [9.17, 15) is 27.6 Å². The van der Waals surface area contributed by atoms with E-state index in [1.807, 2.05) is 0 Å². The monoisotopic (exact) mass is 386 g/mol. The van der Waals surface area contributed by atoms with Crippen LogP contribution >= 0.6 is 0 Å². The first kappa shape index (κ1) is 20.5. The molecule has 2 rings (SSSR count). The number of nitrogens with two attached hydrogens (primary N) is 1. The molecule has 1 aliphatic heterocycles. The molecular formula is C17H21F3N4O3. The van der Waals surface area contributed by atoms with Gasteiger partial charge in [0.25, 0.3) is 0 Å². The van der Waals surface area contributed by atoms with Gasteiger partial charge in [-0.3, -0.25) is 9.59 Å². The Labute approximate surface area is 154 Å². The van der Waals surface area contributed by atoms with E-state index in [2.05, 4.69) is 10.6 Å². The molecule has 1 fully saturated rings. The Kier molecular flexibility index (Phi) is 6.29. The zero-order chi connectivity index (χ0) is 20.2. The zero-order valence-corrected chi connectivity index (χ0v) is 14.7. The van der Waals surface area contributed by atoms with Gasteiger partial charge in [0.2, 0.25) is 11.8 Å². The van der Waals surface area contributed by atoms with E-state index >= 15 is 0 Å². The van der Waals surface area contributed by atoms with Crippen LogP contribution in [0, 0.1) is 0 Å². The lowest BCUT2D eigenvalue weighted by atomic mass is 10.0. The molecule has 1 aliphatic rings. The van der Waals surface area contributed by atoms with Gasteiger partial charge in [0, 0.05) is 13.1 Å². The molecular weight excluding hydrogens is 365 g/mol. The second kappa shape index (κ2) is 8.28. The van der Waals surface area contributed by atoms with E-state index in [1.165, 1.54) is 24.0 Å². The third-order valence-electron chi connectivity index (χ3n) is 4.23. The van der Waals surface area contributed by atoms with Crippen molar-refractivity contribution in [3.8, 4) is 0 Å². The lowest BCUT2D eigenvalue weighted by Crippen LogP contribution is -2.56. The summed E-state index contributed by atoms with van der Waals surface area (Å²) in [4.78, 5) is 36.8. The number of benzene rings is 1. The van der Waals surface area contributed by atoms with Crippen molar-refractivity contribution in [3.05, 3.63) is 35.4 Å². The van der Waals surface area contributed by atoms with Gasteiger partial charge in [-0.25, -0.2) is 4.79 Å². The molecule has 2 atom stereocenters. The normalized spacial score (nSPS) is 18.7. The molecule has 4 amide bonds. The van der Waals surface area contributed by atoms with Crippen molar-refractivity contribution in [2.45, 2.75) is 44.6 Å². The number of nitrogens with zero attached hydrogens (tertiary/aromatic N) is 1. The second-order valence-electron chi connectivity index (χ2n) is 6.39. The number of carbonyl (C=O) groups excluding carboxylic acids is 3. The molecule has 10 heteroatoms. The maximum absolute atomic E-state index is 12.8. The van der Waals surface area contributed by atoms with E-state index in [1.54, 1.807) is 0 Å². The standard InChI is InChI=1S/C17H21F3N4O3/c1-10(22-16(21)27)14(25)23-13-6-3-7-24(15(13)26)9-11-4-2-5-12(8-11)17(18,19)20/h2,4-5,8,10,13H,3,6-7,9H2,1H3,(H,23,25)(H3,21,22,27). The number of likely N-dealkylation sites (tertiary alicyclic amines) is 1. The summed E-state index contributed by atoms with van der Waals surface area (Å²) in [6.07, 6.45) is -3.46. The molecule has 1 aromatic rings. The van der Waals surface area contributed by atoms with Gasteiger partial charge in [-0.15, -0.1) is 0 Å². The van der Waals surface area contributed by atoms with Crippen LogP contribution in [-0.4, -0.2) is 41.4 Å². The first-order valence-electron chi connectivity index (χ1n) is 8.39. The average molecular weight is 386 g/mol. The smallest absolute Gasteiger partial charge is 0.352 e. The van der Waals surface area contributed by atoms with Crippen LogP contribution in [0.5, 0.6) is 0 Å². The van der Waals surface area contributed by atoms with Gasteiger partial charge in [0.1, 0.15) is 12.1 Å². The number of nitrogens with one attached hydrogen (secondary N) is 2. The van der Waals surface area contributed by atoms with E-state index in [-0.39, 0.29) is 12.5 Å². The molecule has 0 saturated carbocycles. The van der Waals surface area contributed by atoms with Crippen LogP contribution in [0.2, 0.25) is 0 Å². The van der Waals surface area contributed by atoms with Crippen molar-refractivity contribution >= 4 is 17.8 Å². The maximum atomic E-state index is 12.8. The van der Waals surface area contributed by atoms with Gasteiger partial charge < -0.3 is 21.3 Å². The zero-order valence-electron chi connectivity index (χ0n) is 14.7. The highest BCUT2D eigenvalue weighted by Gasteiger charge is 2.33. The van der Waals surface area contributed by atoms with E-state index in [4.69, 9.17) is 5.73 Å². The minimum Gasteiger partial charge on any atom is -0.352 e. The van der Waals surface area contributed by atoms with Crippen molar-refractivity contribution in [2.75, 3.05) is 6.54 Å². The summed E-state index contributed by atoms with van der Waals surface area (Å²) in [6, 6.07) is 2.22. The molecule has 0 bridgehead atoms. The third kappa shape index (κ3) is 5.60. The molecule has 2 unspecified atom stereocenters. The van der Waals surface area contributed by atoms with Crippen LogP contribution < -0.4 is 16.4 Å². The fraction of sp³-hybridized carbons (Fsp3) is 0.471. The van der Waals surface area contributed by atoms with Gasteiger partial charge in [-0.05, 0) is 37.5 Å². The molecule has 7 nitrogen and oxygen atoms in total. The average Bonchev–Trinajstić information content (AvgIpc) is 2.57. The first-order valence-corrected chi connectivity index (χ1v) is 8.39. The number of piperidine rings is 1. The lowest BCUT2D eigenvalue weighted by Gasteiger charge is -2.33. The van der Waals surface area contributed by atoms with Gasteiger partial charge in [0.15, 0.2) is 0 Å². The third-order valence-corrected chi connectivity index (χ3v) is 4.23. The molecule has 0 radical (unpaired) electrons. The summed E-state index contributed by atoms with van der Waals surface area (Å²) < 4.78 is 38.5. The number of alkyl halides is 3. The molecule has 27 heavy (non-hydrogen) atoms. The summed E-state index contributed by atoms with van der Waals surface area (Å²) >= 11 is 0. The minimum absolute atomic E-state index is 0.0181. The lowest BCUT2D eigenvalue weighted by molar-refractivity contribution is -0.139. The molecule has 148 valence electrons. The Morgan fingerprint density at radius 1 is 1.37 bits per heavy atom. The molecule has 1 saturated heterocycles. The molecule has 0 spiro atoms. The minimum atomic E-state index is -4.46. The van der Waals surface area contributed by atoms with E-state index in [0.717, 1.165) is 12.1 Å². The number of rotatable bonds is 5. The van der Waals surface area contributed by atoms with Crippen molar-refractivity contribution in [3.63, 3.8) is 0 Å². The Balaban J connectivity index is 2.02. The van der Waals surface area contributed by atoms with Crippen LogP contribution in [0.15, 0.2) is 24.3 Å². The Bertz CT molecular complexity index is 724. The number of hydrogen-bond donors (Lipinski definition) is 3. The Morgan fingerprint density at radius 3 is 2.70 bits per heavy atom. The summed E-state index contributed by atoms with van der Waals surface area (Å²) in [5.41, 5.74) is 4.54. The van der Waals surface area contributed by atoms with Crippen LogP contribution in [0.4, 0.5) is 18.0 Å². The van der Waals surface area contributed by atoms with Crippen molar-refractivity contribution < 1.29 is 27.6 Å². The van der Waals surface area contributed by atoms with Crippen LogP contribution in [0.3, 0.4) is 0 Å². The molecule has 1 heterocycles. The van der Waals surface area contributed by atoms with Crippen molar-refractivity contribution in [1.82, 2.24) is 15.5 Å². The van der Waals surface area contributed by atoms with Crippen molar-refractivity contribution in [1.29, 1.82) is 0 Å². The largest absolute Gasteiger partial charge is 0.416 e. The number of hydrogen-bond acceptors (Lipinski definition) is 3. The second-order valence-corrected chi connectivity index (χ2v) is 6.39. The van der Waals surface area contributed by atoms with Crippen LogP contribution in [-0.2, 0) is 22.3 Å². The highest BCUT2D eigenvalue weighted by atomic mass is 19.4. The number of amides is 4. The number of urea groups is 1. The SMILES string of the molecule is CC(NC(N)=O)C(=O)NC1CCCN(Cc2cccc(C(F)(F)F)c2)C1=O. The highest BCUT2D eigenvalue weighted by Crippen LogP contribution is 2.30. The highest BCUT2D eigenvalue weighted by molar-refractivity contribution is 5.91. The Hall–Kier alpha value is -2.78. The number of carbonyl (C=O) groups is 3. The van der Waals surface area contributed by atoms with Gasteiger partial charge in [-0.1, -0.05) is 12.1 Å². The van der Waals surface area contributed by atoms with Gasteiger partial charge in [-0.2, -0.15) is 13.2 Å². The quantitative estimate of drug-likeness (QED) is 0.712. The summed E-state index contributed by atoms with van der Waals surface area (Å²) in [6.45, 7) is 1.83. The first-order chi connectivity index (χ1) is 12.6. The van der Waals surface area contributed by atoms with Crippen LogP contribution in [0.1, 0.15) is 30.9 Å². The number of halogens is 3. The fourth-order valence-electron chi connectivity index (χ4n) is 2.87. The topological polar surface area (TPSA) is 105 Å². The molecule has 0 aliphatic carbocycles. The fourth-order valence-corrected chi connectivity index (χ4v) is 2.87. The van der Waals surface area contributed by atoms with E-state index in [0.29, 0.717) is 24.9 Å². The Morgan fingerprint density at radius 2 is 2.07 bits per heavy atom. The summed E-state index contributed by atoms with van der Waals surface area (Å²) in [5.74, 6) is -0.939. The van der Waals surface area contributed by atoms with Crippen LogP contribution in [0.25, 0.3) is 0 Å². The molecule has 4 N–H and O–H groups in total. The van der Waals surface area contributed by atoms with E-state index < -0.39 is 35.8 Å². The predicted molar refractivity (Wildman–Crippen MR) is 90.2 cm³/mol. The molecule has 1 aromatic carbocycles. The maximum Gasteiger partial charge on any atom is 0.416 e. The number of primary amides is 1. The summed E-state index contributed by atoms with van der Waals surface area (Å²) in [7, 11) is 0. The summed E-state index contributed by atoms with van der Waals surface area (Å²) in [5, 5.41) is 4.76. The van der Waals surface area contributed by atoms with Gasteiger partial charge in [0.05, 0.1) is 5.56 Å². The van der Waals surface area contributed by atoms with Crippen molar-refractivity contribution in [2.24, 2.45) is 5.73 Å².